The summed E-state index contributed by atoms with van der Waals surface area (Å²) in [5, 5.41) is 2.86. The van der Waals surface area contributed by atoms with Crippen LogP contribution in [-0.2, 0) is 10.9 Å². The average molecular weight is 487 g/mol. The zero-order chi connectivity index (χ0) is 25.3. The summed E-state index contributed by atoms with van der Waals surface area (Å²) in [4.78, 5) is 37.0. The lowest BCUT2D eigenvalue weighted by molar-refractivity contribution is -0.137. The minimum atomic E-state index is -4.47. The third-order valence-electron chi connectivity index (χ3n) is 3.91. The number of halogens is 3. The molecule has 11 heteroatoms. The number of rotatable bonds is 3. The van der Waals surface area contributed by atoms with E-state index in [1.54, 1.807) is 0 Å². The monoisotopic (exact) mass is 486 g/mol. The number of carbonyl (C=O) groups excluding carboxylic acids is 2. The zero-order valence-corrected chi connectivity index (χ0v) is 19.8. The van der Waals surface area contributed by atoms with E-state index in [1.807, 2.05) is 27.7 Å². The Morgan fingerprint density at radius 2 is 1.64 bits per heavy atom. The first-order valence-electron chi connectivity index (χ1n) is 9.98. The fourth-order valence-electron chi connectivity index (χ4n) is 2.37. The number of hydrogen-bond acceptors (Lipinski definition) is 6. The Hall–Kier alpha value is -3.34. The van der Waals surface area contributed by atoms with Crippen molar-refractivity contribution in [3.63, 3.8) is 0 Å². The van der Waals surface area contributed by atoms with E-state index in [9.17, 15) is 27.6 Å². The first-order chi connectivity index (χ1) is 15.6. The van der Waals surface area contributed by atoms with Crippen LogP contribution in [-0.4, -0.2) is 26.2 Å². The number of nitrogens with one attached hydrogen (secondary N) is 1. The summed E-state index contributed by atoms with van der Waals surface area (Å²) in [6.07, 6.45) is -4.47. The summed E-state index contributed by atoms with van der Waals surface area (Å²) in [5.41, 5.74) is -1.62. The van der Waals surface area contributed by atoms with Gasteiger partial charge in [-0.15, -0.1) is 11.3 Å². The number of alkyl halides is 3. The van der Waals surface area contributed by atoms with Crippen LogP contribution in [0, 0.1) is 0 Å². The maximum Gasteiger partial charge on any atom is 0.416 e. The van der Waals surface area contributed by atoms with E-state index < -0.39 is 29.4 Å². The second-order valence-corrected chi connectivity index (χ2v) is 6.88. The van der Waals surface area contributed by atoms with Crippen LogP contribution in [0.4, 0.5) is 28.7 Å². The maximum atomic E-state index is 12.6. The maximum absolute atomic E-state index is 12.6. The molecule has 0 aliphatic heterocycles. The SMILES string of the molecule is CC.CC.COC(=O)c1cc2sc(N(C)C(=O)Nc3ccc(C(F)(F)F)cc3)cc2oc1=O. The highest BCUT2D eigenvalue weighted by Crippen LogP contribution is 2.33. The summed E-state index contributed by atoms with van der Waals surface area (Å²) in [7, 11) is 2.56. The number of hydrogen-bond donors (Lipinski definition) is 1. The van der Waals surface area contributed by atoms with Gasteiger partial charge in [-0.3, -0.25) is 4.90 Å². The van der Waals surface area contributed by atoms with E-state index >= 15 is 0 Å². The van der Waals surface area contributed by atoms with Gasteiger partial charge >= 0.3 is 23.8 Å². The van der Waals surface area contributed by atoms with Gasteiger partial charge in [0.15, 0.2) is 5.58 Å². The number of carbonyl (C=O) groups is 2. The fraction of sp³-hybridized carbons (Fsp3) is 0.318. The molecule has 3 aromatic rings. The smallest absolute Gasteiger partial charge is 0.416 e. The summed E-state index contributed by atoms with van der Waals surface area (Å²) < 4.78 is 47.9. The fourth-order valence-corrected chi connectivity index (χ4v) is 3.36. The number of ether oxygens (including phenoxy) is 1. The Labute approximate surface area is 192 Å². The molecular formula is C22H25F3N2O5S. The van der Waals surface area contributed by atoms with Gasteiger partial charge in [0.1, 0.15) is 10.6 Å². The molecule has 1 aromatic carbocycles. The molecule has 180 valence electrons. The first-order valence-corrected chi connectivity index (χ1v) is 10.8. The van der Waals surface area contributed by atoms with Crippen LogP contribution >= 0.6 is 11.3 Å². The third-order valence-corrected chi connectivity index (χ3v) is 5.05. The highest BCUT2D eigenvalue weighted by molar-refractivity contribution is 7.22. The molecule has 0 bridgehead atoms. The normalized spacial score (nSPS) is 10.3. The van der Waals surface area contributed by atoms with Crippen LogP contribution in [0.1, 0.15) is 43.6 Å². The first kappa shape index (κ1) is 27.7. The van der Waals surface area contributed by atoms with Gasteiger partial charge in [0, 0.05) is 18.8 Å². The zero-order valence-electron chi connectivity index (χ0n) is 19.0. The lowest BCUT2D eigenvalue weighted by Crippen LogP contribution is -2.30. The van der Waals surface area contributed by atoms with E-state index in [2.05, 4.69) is 10.1 Å². The van der Waals surface area contributed by atoms with Crippen molar-refractivity contribution in [2.75, 3.05) is 24.4 Å². The molecular weight excluding hydrogens is 461 g/mol. The molecule has 2 heterocycles. The molecule has 0 fully saturated rings. The summed E-state index contributed by atoms with van der Waals surface area (Å²) in [5.74, 6) is -0.844. The number of anilines is 2. The van der Waals surface area contributed by atoms with Crippen LogP contribution in [0.25, 0.3) is 10.3 Å². The number of esters is 1. The minimum absolute atomic E-state index is 0.176. The van der Waals surface area contributed by atoms with E-state index in [1.165, 1.54) is 24.1 Å². The molecule has 0 aliphatic carbocycles. The van der Waals surface area contributed by atoms with Crippen molar-refractivity contribution >= 4 is 44.3 Å². The van der Waals surface area contributed by atoms with Crippen molar-refractivity contribution in [2.24, 2.45) is 0 Å². The Morgan fingerprint density at radius 3 is 2.15 bits per heavy atom. The summed E-state index contributed by atoms with van der Waals surface area (Å²) >= 11 is 1.08. The van der Waals surface area contributed by atoms with Crippen molar-refractivity contribution < 1.29 is 31.9 Å². The third kappa shape index (κ3) is 6.82. The lowest BCUT2D eigenvalue weighted by Gasteiger charge is -2.16. The predicted molar refractivity (Wildman–Crippen MR) is 123 cm³/mol. The molecule has 3 rings (SSSR count). The van der Waals surface area contributed by atoms with Crippen LogP contribution in [0.3, 0.4) is 0 Å². The molecule has 0 saturated heterocycles. The van der Waals surface area contributed by atoms with Gasteiger partial charge in [-0.2, -0.15) is 13.2 Å². The molecule has 2 aromatic heterocycles. The Kier molecular flexibility index (Phi) is 10.1. The number of urea groups is 1. The highest BCUT2D eigenvalue weighted by atomic mass is 32.1. The molecule has 0 unspecified atom stereocenters. The summed E-state index contributed by atoms with van der Waals surface area (Å²) in [6.45, 7) is 8.00. The Morgan fingerprint density at radius 1 is 1.06 bits per heavy atom. The van der Waals surface area contributed by atoms with Crippen LogP contribution in [0.2, 0.25) is 0 Å². The van der Waals surface area contributed by atoms with Crippen molar-refractivity contribution in [3.8, 4) is 0 Å². The molecule has 0 saturated carbocycles. The number of amides is 2. The molecule has 0 radical (unpaired) electrons. The van der Waals surface area contributed by atoms with Crippen molar-refractivity contribution in [3.05, 3.63) is 57.9 Å². The van der Waals surface area contributed by atoms with Gasteiger partial charge in [-0.05, 0) is 30.3 Å². The van der Waals surface area contributed by atoms with E-state index in [0.29, 0.717) is 9.70 Å². The van der Waals surface area contributed by atoms with E-state index in [0.717, 1.165) is 42.7 Å². The molecule has 0 spiro atoms. The Bertz CT molecular complexity index is 1140. The second kappa shape index (κ2) is 12.0. The average Bonchev–Trinajstić information content (AvgIpc) is 3.22. The largest absolute Gasteiger partial charge is 0.465 e. The molecule has 7 nitrogen and oxygen atoms in total. The van der Waals surface area contributed by atoms with Gasteiger partial charge in [0.25, 0.3) is 0 Å². The van der Waals surface area contributed by atoms with Gasteiger partial charge in [-0.1, -0.05) is 27.7 Å². The van der Waals surface area contributed by atoms with Crippen molar-refractivity contribution in [2.45, 2.75) is 33.9 Å². The number of fused-ring (bicyclic) bond motifs is 1. The van der Waals surface area contributed by atoms with E-state index in [4.69, 9.17) is 4.42 Å². The van der Waals surface area contributed by atoms with Crippen molar-refractivity contribution in [1.29, 1.82) is 0 Å². The van der Waals surface area contributed by atoms with Crippen molar-refractivity contribution in [1.82, 2.24) is 0 Å². The Balaban J connectivity index is 0.00000129. The van der Waals surface area contributed by atoms with Crippen LogP contribution in [0.5, 0.6) is 0 Å². The van der Waals surface area contributed by atoms with Gasteiger partial charge in [-0.25, -0.2) is 14.4 Å². The van der Waals surface area contributed by atoms with E-state index in [-0.39, 0.29) is 16.8 Å². The second-order valence-electron chi connectivity index (χ2n) is 5.82. The predicted octanol–water partition coefficient (Wildman–Crippen LogP) is 6.38. The van der Waals surface area contributed by atoms with Crippen LogP contribution in [0.15, 0.2) is 45.6 Å². The highest BCUT2D eigenvalue weighted by Gasteiger charge is 2.30. The molecule has 0 aliphatic rings. The summed E-state index contributed by atoms with van der Waals surface area (Å²) in [6, 6.07) is 6.13. The number of methoxy groups -OCH3 is 1. The standard InChI is InChI=1S/C18H13F3N2O5S.2C2H6/c1-23(17(26)22-10-5-3-9(4-6-10)18(19,20)21)14-8-12-13(29-14)7-11(15(24)27-2)16(25)28-12;2*1-2/h3-8H,1-2H3,(H,22,26);2*1-2H3. The molecule has 1 N–H and O–H groups in total. The minimum Gasteiger partial charge on any atom is -0.465 e. The molecule has 2 amide bonds. The molecule has 0 atom stereocenters. The molecule has 33 heavy (non-hydrogen) atoms. The number of nitrogens with zero attached hydrogens (tertiary/aromatic N) is 1. The topological polar surface area (TPSA) is 88.8 Å². The number of benzene rings is 1. The van der Waals surface area contributed by atoms with Gasteiger partial charge in [0.2, 0.25) is 0 Å². The van der Waals surface area contributed by atoms with Crippen LogP contribution < -0.4 is 15.8 Å². The number of thiophene rings is 1. The lowest BCUT2D eigenvalue weighted by atomic mass is 10.2. The van der Waals surface area contributed by atoms with Gasteiger partial charge in [0.05, 0.1) is 17.4 Å². The van der Waals surface area contributed by atoms with Gasteiger partial charge < -0.3 is 14.5 Å². The quantitative estimate of drug-likeness (QED) is 0.434.